The fraction of sp³-hybridized carbons (Fsp3) is 0.526. The number of nitrogens with zero attached hydrogens (tertiary/aromatic N) is 3. The normalized spacial score (nSPS) is 21.0. The molecular formula is C19H26N4O2. The molecule has 2 aromatic rings. The lowest BCUT2D eigenvalue weighted by Crippen LogP contribution is -2.43. The molecule has 1 amide bonds. The highest BCUT2D eigenvalue weighted by molar-refractivity contribution is 5.83. The molecule has 0 aliphatic carbocycles. The van der Waals surface area contributed by atoms with Gasteiger partial charge in [0, 0.05) is 45.0 Å². The maximum Gasteiger partial charge on any atom is 0.227 e. The average molecular weight is 342 g/mol. The first kappa shape index (κ1) is 17.6. The molecule has 3 heterocycles. The van der Waals surface area contributed by atoms with Crippen LogP contribution >= 0.6 is 0 Å². The number of pyridine rings is 1. The lowest BCUT2D eigenvalue weighted by Gasteiger charge is -2.26. The van der Waals surface area contributed by atoms with Crippen molar-refractivity contribution in [1.29, 1.82) is 0 Å². The summed E-state index contributed by atoms with van der Waals surface area (Å²) in [4.78, 5) is 19.2. The van der Waals surface area contributed by atoms with Crippen LogP contribution in [0.4, 0.5) is 0 Å². The summed E-state index contributed by atoms with van der Waals surface area (Å²) in [6.07, 6.45) is 5.05. The third-order valence-corrected chi connectivity index (χ3v) is 4.95. The van der Waals surface area contributed by atoms with Gasteiger partial charge in [-0.25, -0.2) is 0 Å². The lowest BCUT2D eigenvalue weighted by molar-refractivity contribution is -0.130. The molecule has 2 aromatic heterocycles. The van der Waals surface area contributed by atoms with E-state index in [0.29, 0.717) is 18.9 Å². The molecule has 3 rings (SSSR count). The first-order chi connectivity index (χ1) is 12.0. The maximum absolute atomic E-state index is 12.7. The quantitative estimate of drug-likeness (QED) is 0.873. The fourth-order valence-corrected chi connectivity index (χ4v) is 3.54. The van der Waals surface area contributed by atoms with E-state index in [4.69, 9.17) is 4.52 Å². The van der Waals surface area contributed by atoms with E-state index in [1.807, 2.05) is 18.3 Å². The van der Waals surface area contributed by atoms with Gasteiger partial charge in [0.25, 0.3) is 0 Å². The molecule has 134 valence electrons. The van der Waals surface area contributed by atoms with E-state index in [2.05, 4.69) is 40.3 Å². The van der Waals surface area contributed by atoms with E-state index in [9.17, 15) is 4.79 Å². The van der Waals surface area contributed by atoms with E-state index >= 15 is 0 Å². The van der Waals surface area contributed by atoms with Crippen molar-refractivity contribution in [1.82, 2.24) is 20.4 Å². The minimum absolute atomic E-state index is 0.0729. The Morgan fingerprint density at radius 3 is 2.96 bits per heavy atom. The number of amides is 1. The van der Waals surface area contributed by atoms with Crippen LogP contribution in [0.15, 0.2) is 35.1 Å². The molecule has 0 bridgehead atoms. The molecular weight excluding hydrogens is 316 g/mol. The minimum Gasteiger partial charge on any atom is -0.361 e. The van der Waals surface area contributed by atoms with E-state index < -0.39 is 5.41 Å². The van der Waals surface area contributed by atoms with Gasteiger partial charge in [0.1, 0.15) is 5.76 Å². The Kier molecular flexibility index (Phi) is 5.18. The number of rotatable bonds is 6. The summed E-state index contributed by atoms with van der Waals surface area (Å²) in [6, 6.07) is 6.00. The van der Waals surface area contributed by atoms with E-state index in [-0.39, 0.29) is 5.91 Å². The topological polar surface area (TPSA) is 71.3 Å². The lowest BCUT2D eigenvalue weighted by atomic mass is 9.81. The molecule has 1 N–H and O–H groups in total. The Hall–Kier alpha value is -2.21. The molecule has 1 aliphatic rings. The molecule has 0 saturated carbocycles. The van der Waals surface area contributed by atoms with Crippen LogP contribution in [0.5, 0.6) is 0 Å². The highest BCUT2D eigenvalue weighted by Crippen LogP contribution is 2.35. The number of carbonyl (C=O) groups is 1. The van der Waals surface area contributed by atoms with Crippen molar-refractivity contribution in [2.45, 2.75) is 39.2 Å². The largest absolute Gasteiger partial charge is 0.361 e. The summed E-state index contributed by atoms with van der Waals surface area (Å²) in [5.41, 5.74) is 1.63. The van der Waals surface area contributed by atoms with Gasteiger partial charge in [-0.2, -0.15) is 0 Å². The van der Waals surface area contributed by atoms with Gasteiger partial charge in [-0.3, -0.25) is 14.7 Å². The van der Waals surface area contributed by atoms with Crippen molar-refractivity contribution >= 4 is 5.91 Å². The predicted octanol–water partition coefficient (Wildman–Crippen LogP) is 2.37. The number of hydrogen-bond donors (Lipinski definition) is 1. The maximum atomic E-state index is 12.7. The van der Waals surface area contributed by atoms with Crippen LogP contribution in [0, 0.1) is 5.41 Å². The second-order valence-corrected chi connectivity index (χ2v) is 7.23. The van der Waals surface area contributed by atoms with Crippen molar-refractivity contribution in [3.8, 4) is 0 Å². The zero-order valence-corrected chi connectivity index (χ0v) is 15.2. The van der Waals surface area contributed by atoms with E-state index in [1.165, 1.54) is 0 Å². The molecule has 1 aliphatic heterocycles. The van der Waals surface area contributed by atoms with Gasteiger partial charge in [0.15, 0.2) is 0 Å². The van der Waals surface area contributed by atoms with Crippen molar-refractivity contribution in [2.75, 3.05) is 20.1 Å². The van der Waals surface area contributed by atoms with Crippen molar-refractivity contribution in [3.05, 3.63) is 47.6 Å². The Balaban J connectivity index is 1.74. The third kappa shape index (κ3) is 3.90. The summed E-state index contributed by atoms with van der Waals surface area (Å²) in [5.74, 6) is 1.18. The highest BCUT2D eigenvalue weighted by atomic mass is 16.5. The number of likely N-dealkylation sites (tertiary alicyclic amines) is 1. The van der Waals surface area contributed by atoms with Gasteiger partial charge in [-0.05, 0) is 30.5 Å². The number of aromatic nitrogens is 2. The van der Waals surface area contributed by atoms with Gasteiger partial charge < -0.3 is 9.84 Å². The SMILES string of the molecule is CNC(=O)C1(Cc2cc(C(C)C)no2)CCN(Cc2cccnc2)C1. The molecule has 25 heavy (non-hydrogen) atoms. The molecule has 0 aromatic carbocycles. The van der Waals surface area contributed by atoms with Gasteiger partial charge in [-0.15, -0.1) is 0 Å². The molecule has 1 fully saturated rings. The van der Waals surface area contributed by atoms with Gasteiger partial charge >= 0.3 is 0 Å². The molecule has 1 saturated heterocycles. The Morgan fingerprint density at radius 2 is 2.32 bits per heavy atom. The third-order valence-electron chi connectivity index (χ3n) is 4.95. The van der Waals surface area contributed by atoms with E-state index in [1.54, 1.807) is 13.2 Å². The van der Waals surface area contributed by atoms with Gasteiger partial charge in [-0.1, -0.05) is 25.1 Å². The average Bonchev–Trinajstić information content (AvgIpc) is 3.23. The zero-order valence-electron chi connectivity index (χ0n) is 15.2. The molecule has 6 nitrogen and oxygen atoms in total. The second-order valence-electron chi connectivity index (χ2n) is 7.23. The molecule has 1 unspecified atom stereocenters. The second kappa shape index (κ2) is 7.35. The van der Waals surface area contributed by atoms with Crippen LogP contribution in [0.2, 0.25) is 0 Å². The Labute approximate surface area is 148 Å². The zero-order chi connectivity index (χ0) is 17.9. The summed E-state index contributed by atoms with van der Waals surface area (Å²) >= 11 is 0. The predicted molar refractivity (Wildman–Crippen MR) is 94.9 cm³/mol. The summed E-state index contributed by atoms with van der Waals surface area (Å²) in [7, 11) is 1.70. The molecule has 0 radical (unpaired) electrons. The standard InChI is InChI=1S/C19H26N4O2/c1-14(2)17-9-16(25-22-17)10-19(18(24)20-3)6-8-23(13-19)12-15-5-4-7-21-11-15/h4-5,7,9,11,14H,6,8,10,12-13H2,1-3H3,(H,20,24). The summed E-state index contributed by atoms with van der Waals surface area (Å²) < 4.78 is 5.50. The highest BCUT2D eigenvalue weighted by Gasteiger charge is 2.45. The summed E-state index contributed by atoms with van der Waals surface area (Å²) in [6.45, 7) is 6.57. The van der Waals surface area contributed by atoms with E-state index in [0.717, 1.165) is 36.5 Å². The van der Waals surface area contributed by atoms with Crippen LogP contribution in [-0.4, -0.2) is 41.1 Å². The first-order valence-corrected chi connectivity index (χ1v) is 8.81. The van der Waals surface area contributed by atoms with Crippen molar-refractivity contribution in [2.24, 2.45) is 5.41 Å². The summed E-state index contributed by atoms with van der Waals surface area (Å²) in [5, 5.41) is 6.97. The fourth-order valence-electron chi connectivity index (χ4n) is 3.54. The monoisotopic (exact) mass is 342 g/mol. The molecule has 1 atom stereocenters. The number of hydrogen-bond acceptors (Lipinski definition) is 5. The van der Waals surface area contributed by atoms with Gasteiger partial charge in [0.2, 0.25) is 5.91 Å². The van der Waals surface area contributed by atoms with Crippen LogP contribution < -0.4 is 5.32 Å². The van der Waals surface area contributed by atoms with Crippen LogP contribution in [0.1, 0.15) is 43.2 Å². The van der Waals surface area contributed by atoms with Crippen LogP contribution in [0.25, 0.3) is 0 Å². The van der Waals surface area contributed by atoms with Crippen LogP contribution in [0.3, 0.4) is 0 Å². The molecule has 6 heteroatoms. The van der Waals surface area contributed by atoms with Crippen molar-refractivity contribution < 1.29 is 9.32 Å². The van der Waals surface area contributed by atoms with Crippen molar-refractivity contribution in [3.63, 3.8) is 0 Å². The Bertz CT molecular complexity index is 713. The Morgan fingerprint density at radius 1 is 1.48 bits per heavy atom. The van der Waals surface area contributed by atoms with Crippen LogP contribution in [-0.2, 0) is 17.8 Å². The number of carbonyl (C=O) groups excluding carboxylic acids is 1. The smallest absolute Gasteiger partial charge is 0.227 e. The molecule has 0 spiro atoms. The number of nitrogens with one attached hydrogen (secondary N) is 1. The minimum atomic E-state index is -0.468. The van der Waals surface area contributed by atoms with Gasteiger partial charge in [0.05, 0.1) is 11.1 Å². The first-order valence-electron chi connectivity index (χ1n) is 8.81.